The molecule has 1 aromatic carbocycles. The van der Waals surface area contributed by atoms with Crippen LogP contribution in [0.1, 0.15) is 12.5 Å². The average molecular weight is 338 g/mol. The fraction of sp³-hybridized carbons (Fsp3) is 0.100. The SMILES string of the molecule is C/C(C#N)=C(/Cl)c1cc(Cl)ccc1I. The zero-order valence-corrected chi connectivity index (χ0v) is 11.0. The zero-order chi connectivity index (χ0) is 10.7. The molecule has 14 heavy (non-hydrogen) atoms. The van der Waals surface area contributed by atoms with Gasteiger partial charge in [-0.1, -0.05) is 23.2 Å². The van der Waals surface area contributed by atoms with Crippen LogP contribution in [0.4, 0.5) is 0 Å². The predicted octanol–water partition coefficient (Wildman–Crippen LogP) is 4.44. The van der Waals surface area contributed by atoms with Gasteiger partial charge in [-0.15, -0.1) is 0 Å². The van der Waals surface area contributed by atoms with E-state index in [4.69, 9.17) is 28.5 Å². The second-order valence-corrected chi connectivity index (χ2v) is 4.65. The monoisotopic (exact) mass is 337 g/mol. The maximum absolute atomic E-state index is 8.70. The van der Waals surface area contributed by atoms with E-state index in [9.17, 15) is 0 Å². The summed E-state index contributed by atoms with van der Waals surface area (Å²) < 4.78 is 0.978. The summed E-state index contributed by atoms with van der Waals surface area (Å²) in [4.78, 5) is 0. The van der Waals surface area contributed by atoms with Gasteiger partial charge in [-0.25, -0.2) is 0 Å². The first-order valence-corrected chi connectivity index (χ1v) is 5.61. The Labute approximate surface area is 106 Å². The molecule has 0 saturated carbocycles. The Morgan fingerprint density at radius 1 is 1.50 bits per heavy atom. The van der Waals surface area contributed by atoms with Crippen LogP contribution in [0.15, 0.2) is 23.8 Å². The maximum atomic E-state index is 8.70. The zero-order valence-electron chi connectivity index (χ0n) is 7.31. The largest absolute Gasteiger partial charge is 0.193 e. The lowest BCUT2D eigenvalue weighted by atomic mass is 10.1. The van der Waals surface area contributed by atoms with Gasteiger partial charge in [0.15, 0.2) is 0 Å². The van der Waals surface area contributed by atoms with E-state index in [-0.39, 0.29) is 0 Å². The van der Waals surface area contributed by atoms with Crippen molar-refractivity contribution in [2.45, 2.75) is 6.92 Å². The number of benzene rings is 1. The van der Waals surface area contributed by atoms with E-state index in [1.807, 2.05) is 12.1 Å². The van der Waals surface area contributed by atoms with Crippen LogP contribution in [0.3, 0.4) is 0 Å². The summed E-state index contributed by atoms with van der Waals surface area (Å²) in [6, 6.07) is 7.42. The fourth-order valence-corrected chi connectivity index (χ4v) is 2.05. The van der Waals surface area contributed by atoms with Gasteiger partial charge < -0.3 is 0 Å². The Kier molecular flexibility index (Phi) is 4.24. The summed E-state index contributed by atoms with van der Waals surface area (Å²) in [7, 11) is 0. The minimum Gasteiger partial charge on any atom is -0.193 e. The van der Waals surface area contributed by atoms with Crippen molar-refractivity contribution in [3.8, 4) is 6.07 Å². The third-order valence-corrected chi connectivity index (χ3v) is 3.32. The van der Waals surface area contributed by atoms with Crippen molar-refractivity contribution in [1.29, 1.82) is 5.26 Å². The van der Waals surface area contributed by atoms with Gasteiger partial charge in [0.05, 0.1) is 11.1 Å². The van der Waals surface area contributed by atoms with Crippen molar-refractivity contribution in [1.82, 2.24) is 0 Å². The standard InChI is InChI=1S/C10H6Cl2IN/c1-6(5-14)10(12)8-4-7(11)2-3-9(8)13/h2-4H,1H3/b10-6-. The third-order valence-electron chi connectivity index (χ3n) is 1.66. The molecule has 0 unspecified atom stereocenters. The molecule has 0 radical (unpaired) electrons. The molecule has 0 aromatic heterocycles. The summed E-state index contributed by atoms with van der Waals surface area (Å²) in [6.45, 7) is 1.68. The van der Waals surface area contributed by atoms with Gasteiger partial charge in [0, 0.05) is 19.7 Å². The Morgan fingerprint density at radius 3 is 2.71 bits per heavy atom. The summed E-state index contributed by atoms with van der Waals surface area (Å²) >= 11 is 14.0. The summed E-state index contributed by atoms with van der Waals surface area (Å²) in [5, 5.41) is 9.77. The van der Waals surface area contributed by atoms with Crippen LogP contribution in [-0.4, -0.2) is 0 Å². The lowest BCUT2D eigenvalue weighted by Crippen LogP contribution is -1.86. The van der Waals surface area contributed by atoms with E-state index in [1.165, 1.54) is 0 Å². The second kappa shape index (κ2) is 5.01. The van der Waals surface area contributed by atoms with E-state index in [0.29, 0.717) is 15.6 Å². The highest BCUT2D eigenvalue weighted by Crippen LogP contribution is 2.29. The maximum Gasteiger partial charge on any atom is 0.0959 e. The highest BCUT2D eigenvalue weighted by atomic mass is 127. The summed E-state index contributed by atoms with van der Waals surface area (Å²) in [6.07, 6.45) is 0. The van der Waals surface area contributed by atoms with Gasteiger partial charge in [-0.05, 0) is 47.7 Å². The van der Waals surface area contributed by atoms with E-state index in [1.54, 1.807) is 19.1 Å². The Morgan fingerprint density at radius 2 is 2.14 bits per heavy atom. The van der Waals surface area contributed by atoms with E-state index in [2.05, 4.69) is 22.6 Å². The number of hydrogen-bond donors (Lipinski definition) is 0. The van der Waals surface area contributed by atoms with Crippen molar-refractivity contribution >= 4 is 50.8 Å². The van der Waals surface area contributed by atoms with Gasteiger partial charge in [0.2, 0.25) is 0 Å². The van der Waals surface area contributed by atoms with Gasteiger partial charge in [0.1, 0.15) is 0 Å². The molecule has 0 saturated heterocycles. The molecular weight excluding hydrogens is 332 g/mol. The molecule has 0 aliphatic heterocycles. The summed E-state index contributed by atoms with van der Waals surface area (Å²) in [5.41, 5.74) is 1.30. The Hall–Kier alpha value is -0.240. The lowest BCUT2D eigenvalue weighted by Gasteiger charge is -2.04. The highest BCUT2D eigenvalue weighted by Gasteiger charge is 2.07. The molecule has 1 rings (SSSR count). The lowest BCUT2D eigenvalue weighted by molar-refractivity contribution is 1.45. The number of rotatable bonds is 1. The fourth-order valence-electron chi connectivity index (χ4n) is 0.917. The first-order valence-electron chi connectivity index (χ1n) is 3.78. The molecule has 0 N–H and O–H groups in total. The molecule has 1 aromatic rings. The third kappa shape index (κ3) is 2.63. The topological polar surface area (TPSA) is 23.8 Å². The molecule has 4 heteroatoms. The van der Waals surface area contributed by atoms with Gasteiger partial charge >= 0.3 is 0 Å². The van der Waals surface area contributed by atoms with Crippen molar-refractivity contribution in [3.05, 3.63) is 37.9 Å². The van der Waals surface area contributed by atoms with Crippen LogP contribution >= 0.6 is 45.8 Å². The van der Waals surface area contributed by atoms with E-state index in [0.717, 1.165) is 9.13 Å². The van der Waals surface area contributed by atoms with Crippen LogP contribution in [0.2, 0.25) is 5.02 Å². The van der Waals surface area contributed by atoms with Crippen molar-refractivity contribution in [2.24, 2.45) is 0 Å². The molecule has 0 atom stereocenters. The van der Waals surface area contributed by atoms with Crippen molar-refractivity contribution in [3.63, 3.8) is 0 Å². The average Bonchev–Trinajstić information content (AvgIpc) is 2.19. The molecule has 0 heterocycles. The minimum absolute atomic E-state index is 0.458. The van der Waals surface area contributed by atoms with Crippen LogP contribution < -0.4 is 0 Å². The minimum atomic E-state index is 0.458. The molecule has 0 fully saturated rings. The molecular formula is C10H6Cl2IN. The van der Waals surface area contributed by atoms with E-state index < -0.39 is 0 Å². The van der Waals surface area contributed by atoms with Crippen molar-refractivity contribution < 1.29 is 0 Å². The normalized spacial score (nSPS) is 11.9. The van der Waals surface area contributed by atoms with Gasteiger partial charge in [-0.2, -0.15) is 5.26 Å². The smallest absolute Gasteiger partial charge is 0.0959 e. The first-order chi connectivity index (χ1) is 6.56. The Bertz CT molecular complexity index is 432. The summed E-state index contributed by atoms with van der Waals surface area (Å²) in [5.74, 6) is 0. The predicted molar refractivity (Wildman–Crippen MR) is 68.2 cm³/mol. The molecule has 72 valence electrons. The molecule has 0 aliphatic carbocycles. The number of nitrogens with zero attached hydrogens (tertiary/aromatic N) is 1. The van der Waals surface area contributed by atoms with Crippen LogP contribution in [0.25, 0.3) is 5.03 Å². The van der Waals surface area contributed by atoms with Crippen molar-refractivity contribution in [2.75, 3.05) is 0 Å². The number of hydrogen-bond acceptors (Lipinski definition) is 1. The van der Waals surface area contributed by atoms with Crippen LogP contribution in [0.5, 0.6) is 0 Å². The number of nitriles is 1. The van der Waals surface area contributed by atoms with E-state index >= 15 is 0 Å². The molecule has 0 aliphatic rings. The van der Waals surface area contributed by atoms with Gasteiger partial charge in [0.25, 0.3) is 0 Å². The quantitative estimate of drug-likeness (QED) is 0.549. The highest BCUT2D eigenvalue weighted by molar-refractivity contribution is 14.1. The second-order valence-electron chi connectivity index (χ2n) is 2.67. The molecule has 1 nitrogen and oxygen atoms in total. The number of allylic oxidation sites excluding steroid dienone is 1. The van der Waals surface area contributed by atoms with Crippen LogP contribution in [-0.2, 0) is 0 Å². The van der Waals surface area contributed by atoms with Gasteiger partial charge in [-0.3, -0.25) is 0 Å². The first kappa shape index (κ1) is 11.8. The van der Waals surface area contributed by atoms with Crippen LogP contribution in [0, 0.1) is 14.9 Å². The molecule has 0 spiro atoms. The Balaban J connectivity index is 3.34. The number of halogens is 3. The molecule has 0 amide bonds. The molecule has 0 bridgehead atoms.